The Labute approximate surface area is 278 Å². The van der Waals surface area contributed by atoms with Gasteiger partial charge in [-0.25, -0.2) is 14.3 Å². The fourth-order valence-corrected chi connectivity index (χ4v) is 4.74. The zero-order valence-electron chi connectivity index (χ0n) is 26.7. The minimum Gasteiger partial charge on any atom is -0.462 e. The summed E-state index contributed by atoms with van der Waals surface area (Å²) < 4.78 is 11.8. The molecule has 0 aliphatic heterocycles. The first-order valence-corrected chi connectivity index (χ1v) is 15.4. The van der Waals surface area contributed by atoms with E-state index in [0.717, 1.165) is 16.8 Å². The molecule has 10 heteroatoms. The van der Waals surface area contributed by atoms with Crippen LogP contribution in [-0.4, -0.2) is 46.7 Å². The molecule has 0 bridgehead atoms. The molecule has 5 aromatic rings. The van der Waals surface area contributed by atoms with Crippen LogP contribution in [0.2, 0.25) is 0 Å². The van der Waals surface area contributed by atoms with Crippen molar-refractivity contribution in [1.29, 1.82) is 0 Å². The van der Waals surface area contributed by atoms with Crippen molar-refractivity contribution in [3.63, 3.8) is 0 Å². The molecule has 1 heterocycles. The van der Waals surface area contributed by atoms with Gasteiger partial charge in [0.2, 0.25) is 0 Å². The van der Waals surface area contributed by atoms with Crippen molar-refractivity contribution in [3.8, 4) is 16.9 Å². The van der Waals surface area contributed by atoms with E-state index >= 15 is 0 Å². The highest BCUT2D eigenvalue weighted by molar-refractivity contribution is 6.29. The number of nitrogens with zero attached hydrogens (tertiary/aromatic N) is 2. The van der Waals surface area contributed by atoms with Crippen molar-refractivity contribution in [2.45, 2.75) is 20.8 Å². The van der Waals surface area contributed by atoms with Gasteiger partial charge in [0.15, 0.2) is 0 Å². The van der Waals surface area contributed by atoms with Gasteiger partial charge < -0.3 is 20.1 Å². The number of rotatable bonds is 11. The molecule has 0 saturated carbocycles. The number of aryl methyl sites for hydroxylation is 1. The molecule has 0 saturated heterocycles. The van der Waals surface area contributed by atoms with Crippen LogP contribution >= 0.6 is 0 Å². The molecule has 2 amide bonds. The Kier molecular flexibility index (Phi) is 10.6. The van der Waals surface area contributed by atoms with E-state index in [2.05, 4.69) is 10.6 Å². The average Bonchev–Trinajstić information content (AvgIpc) is 3.52. The Morgan fingerprint density at radius 1 is 0.688 bits per heavy atom. The molecule has 5 rings (SSSR count). The van der Waals surface area contributed by atoms with E-state index in [1.165, 1.54) is 30.3 Å². The number of carbonyl (C=O) groups is 4. The van der Waals surface area contributed by atoms with Crippen LogP contribution < -0.4 is 10.6 Å². The highest BCUT2D eigenvalue weighted by Gasteiger charge is 2.22. The van der Waals surface area contributed by atoms with Gasteiger partial charge in [-0.3, -0.25) is 9.59 Å². The second-order valence-corrected chi connectivity index (χ2v) is 10.6. The minimum atomic E-state index is -0.693. The van der Waals surface area contributed by atoms with E-state index in [1.54, 1.807) is 49.0 Å². The van der Waals surface area contributed by atoms with Crippen molar-refractivity contribution in [2.24, 2.45) is 0 Å². The van der Waals surface area contributed by atoms with Gasteiger partial charge in [0.1, 0.15) is 5.57 Å². The van der Waals surface area contributed by atoms with Crippen molar-refractivity contribution in [3.05, 3.63) is 137 Å². The summed E-state index contributed by atoms with van der Waals surface area (Å²) in [5.41, 5.74) is 4.92. The van der Waals surface area contributed by atoms with E-state index in [-0.39, 0.29) is 18.8 Å². The average molecular weight is 643 g/mol. The van der Waals surface area contributed by atoms with Crippen LogP contribution in [0.25, 0.3) is 23.0 Å². The summed E-state index contributed by atoms with van der Waals surface area (Å²) >= 11 is 0. The predicted molar refractivity (Wildman–Crippen MR) is 184 cm³/mol. The molecule has 48 heavy (non-hydrogen) atoms. The number of amides is 2. The SMILES string of the molecule is CCOC(=O)c1ccc(NC(=O)C(=Cc2cn(-c3ccccc3)nc2-c2ccc(C)cc2)C(=O)Nc2ccc(C(=O)OCC)cc2)cc1. The highest BCUT2D eigenvalue weighted by Crippen LogP contribution is 2.27. The molecule has 10 nitrogen and oxygen atoms in total. The molecular formula is C38H34N4O6. The van der Waals surface area contributed by atoms with Crippen LogP contribution in [0.4, 0.5) is 11.4 Å². The lowest BCUT2D eigenvalue weighted by molar-refractivity contribution is -0.118. The lowest BCUT2D eigenvalue weighted by Crippen LogP contribution is -2.25. The molecule has 0 aliphatic carbocycles. The zero-order valence-corrected chi connectivity index (χ0v) is 26.7. The Hall–Kier alpha value is -6.29. The lowest BCUT2D eigenvalue weighted by Gasteiger charge is -2.11. The van der Waals surface area contributed by atoms with Crippen molar-refractivity contribution in [1.82, 2.24) is 9.78 Å². The minimum absolute atomic E-state index is 0.208. The number of aromatic nitrogens is 2. The van der Waals surface area contributed by atoms with Gasteiger partial charge in [0, 0.05) is 28.7 Å². The fraction of sp³-hybridized carbons (Fsp3) is 0.132. The third kappa shape index (κ3) is 8.10. The largest absolute Gasteiger partial charge is 0.462 e. The Morgan fingerprint density at radius 3 is 1.67 bits per heavy atom. The Bertz CT molecular complexity index is 1870. The fourth-order valence-electron chi connectivity index (χ4n) is 4.74. The van der Waals surface area contributed by atoms with E-state index in [9.17, 15) is 19.2 Å². The van der Waals surface area contributed by atoms with Gasteiger partial charge in [-0.1, -0.05) is 48.0 Å². The molecule has 0 radical (unpaired) electrons. The number of benzene rings is 4. The molecule has 1 aromatic heterocycles. The maximum Gasteiger partial charge on any atom is 0.338 e. The van der Waals surface area contributed by atoms with Gasteiger partial charge in [0.25, 0.3) is 11.8 Å². The van der Waals surface area contributed by atoms with Crippen LogP contribution in [0.1, 0.15) is 45.7 Å². The number of esters is 2. The van der Waals surface area contributed by atoms with E-state index < -0.39 is 23.8 Å². The van der Waals surface area contributed by atoms with Crippen LogP contribution in [0, 0.1) is 6.92 Å². The Balaban J connectivity index is 1.53. The summed E-state index contributed by atoms with van der Waals surface area (Å²) in [4.78, 5) is 51.9. The maximum atomic E-state index is 13.8. The topological polar surface area (TPSA) is 129 Å². The van der Waals surface area contributed by atoms with Crippen LogP contribution in [0.5, 0.6) is 0 Å². The summed E-state index contributed by atoms with van der Waals surface area (Å²) in [5.74, 6) is -2.35. The third-order valence-corrected chi connectivity index (χ3v) is 7.19. The Morgan fingerprint density at radius 2 is 1.19 bits per heavy atom. The smallest absolute Gasteiger partial charge is 0.338 e. The van der Waals surface area contributed by atoms with Gasteiger partial charge in [0.05, 0.1) is 35.7 Å². The molecule has 4 aromatic carbocycles. The second-order valence-electron chi connectivity index (χ2n) is 10.6. The quantitative estimate of drug-likeness (QED) is 0.0697. The molecular weight excluding hydrogens is 608 g/mol. The van der Waals surface area contributed by atoms with E-state index in [4.69, 9.17) is 14.6 Å². The van der Waals surface area contributed by atoms with Crippen LogP contribution in [-0.2, 0) is 19.1 Å². The third-order valence-electron chi connectivity index (χ3n) is 7.19. The number of hydrogen-bond donors (Lipinski definition) is 2. The molecule has 242 valence electrons. The molecule has 0 spiro atoms. The summed E-state index contributed by atoms with van der Waals surface area (Å²) in [6.45, 7) is 5.88. The van der Waals surface area contributed by atoms with E-state index in [0.29, 0.717) is 33.8 Å². The number of para-hydroxylation sites is 1. The maximum absolute atomic E-state index is 13.8. The first-order valence-electron chi connectivity index (χ1n) is 15.4. The summed E-state index contributed by atoms with van der Waals surface area (Å²) in [7, 11) is 0. The van der Waals surface area contributed by atoms with E-state index in [1.807, 2.05) is 61.5 Å². The van der Waals surface area contributed by atoms with Gasteiger partial charge in [-0.15, -0.1) is 0 Å². The van der Waals surface area contributed by atoms with Crippen LogP contribution in [0.15, 0.2) is 115 Å². The zero-order chi connectivity index (χ0) is 34.0. The highest BCUT2D eigenvalue weighted by atomic mass is 16.5. The standard InChI is InChI=1S/C38H34N4O6/c1-4-47-37(45)27-15-19-30(20-16-27)39-35(43)33(36(44)40-31-21-17-28(18-22-31)38(46)48-5-2)23-29-24-42(32-9-7-6-8-10-32)41-34(29)26-13-11-25(3)12-14-26/h6-24H,4-5H2,1-3H3,(H,39,43)(H,40,44). The normalized spacial score (nSPS) is 10.5. The van der Waals surface area contributed by atoms with Crippen molar-refractivity contribution < 1.29 is 28.7 Å². The molecule has 0 aliphatic rings. The predicted octanol–water partition coefficient (Wildman–Crippen LogP) is 6.86. The van der Waals surface area contributed by atoms with Crippen LogP contribution in [0.3, 0.4) is 0 Å². The summed E-state index contributed by atoms with van der Waals surface area (Å²) in [5, 5.41) is 10.3. The number of carbonyl (C=O) groups excluding carboxylic acids is 4. The monoisotopic (exact) mass is 642 g/mol. The number of hydrogen-bond acceptors (Lipinski definition) is 7. The van der Waals surface area contributed by atoms with Gasteiger partial charge in [-0.05, 0) is 87.5 Å². The van der Waals surface area contributed by atoms with Gasteiger partial charge >= 0.3 is 11.9 Å². The molecule has 2 N–H and O–H groups in total. The second kappa shape index (κ2) is 15.3. The molecule has 0 fully saturated rings. The number of nitrogens with one attached hydrogen (secondary N) is 2. The number of ether oxygens (including phenoxy) is 2. The molecule has 0 unspecified atom stereocenters. The summed E-state index contributed by atoms with van der Waals surface area (Å²) in [6, 6.07) is 29.6. The van der Waals surface area contributed by atoms with Crippen molar-refractivity contribution in [2.75, 3.05) is 23.8 Å². The molecule has 0 atom stereocenters. The summed E-state index contributed by atoms with van der Waals surface area (Å²) in [6.07, 6.45) is 3.25. The van der Waals surface area contributed by atoms with Crippen molar-refractivity contribution >= 4 is 41.2 Å². The first kappa shape index (κ1) is 33.1. The first-order chi connectivity index (χ1) is 23.2. The van der Waals surface area contributed by atoms with Gasteiger partial charge in [-0.2, -0.15) is 5.10 Å². The lowest BCUT2D eigenvalue weighted by atomic mass is 10.0. The number of anilines is 2.